The first-order chi connectivity index (χ1) is 16.7. The minimum absolute atomic E-state index is 0. The maximum absolute atomic E-state index is 10.1. The molecule has 0 fully saturated rings. The van der Waals surface area contributed by atoms with E-state index in [0.29, 0.717) is 34.7 Å². The van der Waals surface area contributed by atoms with Gasteiger partial charge in [0.25, 0.3) is 0 Å². The number of fused-ring (bicyclic) bond motifs is 1. The van der Waals surface area contributed by atoms with E-state index < -0.39 is 0 Å². The largest absolute Gasteiger partial charge is 0.487 e. The van der Waals surface area contributed by atoms with Gasteiger partial charge in [-0.15, -0.1) is 0 Å². The second kappa shape index (κ2) is 9.95. The third kappa shape index (κ3) is 4.88. The molecule has 5 rings (SSSR count). The standard InChI is InChI=1S/C27H23ClN4O2.H2/c28-20-12-7-13-22(14-20)34-17-21-15-23-26(29-21)31-25(19-10-5-2-6-11-19)32-27(23)30-24(16-33)18-8-3-1-4-9-18;/h1-15,24,33H,16-17H2,(H2,29,30,31,32);1H/t24-;/m1./s1. The van der Waals surface area contributed by atoms with Crippen molar-refractivity contribution in [3.05, 3.63) is 107 Å². The van der Waals surface area contributed by atoms with Crippen LogP contribution in [0.5, 0.6) is 5.75 Å². The maximum Gasteiger partial charge on any atom is 0.163 e. The summed E-state index contributed by atoms with van der Waals surface area (Å²) in [4.78, 5) is 12.9. The molecule has 0 aliphatic heterocycles. The molecule has 0 saturated carbocycles. The molecule has 0 unspecified atom stereocenters. The quantitative estimate of drug-likeness (QED) is 0.248. The topological polar surface area (TPSA) is 83.1 Å². The number of aliphatic hydroxyl groups is 1. The van der Waals surface area contributed by atoms with Crippen LogP contribution in [0.15, 0.2) is 91.0 Å². The predicted molar refractivity (Wildman–Crippen MR) is 137 cm³/mol. The molecule has 2 aromatic heterocycles. The van der Waals surface area contributed by atoms with Crippen LogP contribution in [0.2, 0.25) is 5.02 Å². The van der Waals surface area contributed by atoms with Crippen LogP contribution in [0, 0.1) is 0 Å². The van der Waals surface area contributed by atoms with E-state index in [-0.39, 0.29) is 14.1 Å². The number of anilines is 1. The minimum atomic E-state index is -0.316. The van der Waals surface area contributed by atoms with Gasteiger partial charge in [0.05, 0.1) is 23.7 Å². The number of aliphatic hydroxyl groups excluding tert-OH is 1. The Morgan fingerprint density at radius 3 is 2.44 bits per heavy atom. The van der Waals surface area contributed by atoms with Crippen LogP contribution in [-0.4, -0.2) is 26.7 Å². The molecule has 1 atom stereocenters. The summed E-state index contributed by atoms with van der Waals surface area (Å²) < 4.78 is 5.90. The first-order valence-corrected chi connectivity index (χ1v) is 11.3. The molecule has 0 saturated heterocycles. The van der Waals surface area contributed by atoms with E-state index in [9.17, 15) is 5.11 Å². The average molecular weight is 473 g/mol. The Bertz CT molecular complexity index is 1400. The second-order valence-electron chi connectivity index (χ2n) is 7.85. The van der Waals surface area contributed by atoms with Crippen molar-refractivity contribution < 1.29 is 11.3 Å². The van der Waals surface area contributed by atoms with E-state index in [1.54, 1.807) is 12.1 Å². The van der Waals surface area contributed by atoms with Gasteiger partial charge >= 0.3 is 0 Å². The number of ether oxygens (including phenoxy) is 1. The Kier molecular flexibility index (Phi) is 6.42. The lowest BCUT2D eigenvalue weighted by atomic mass is 10.1. The number of rotatable bonds is 8. The average Bonchev–Trinajstić information content (AvgIpc) is 3.30. The van der Waals surface area contributed by atoms with Gasteiger partial charge in [0.2, 0.25) is 0 Å². The number of hydrogen-bond acceptors (Lipinski definition) is 5. The fourth-order valence-electron chi connectivity index (χ4n) is 3.77. The molecule has 3 aromatic carbocycles. The van der Waals surface area contributed by atoms with Crippen molar-refractivity contribution in [2.45, 2.75) is 12.6 Å². The number of halogens is 1. The molecule has 0 spiro atoms. The van der Waals surface area contributed by atoms with E-state index in [0.717, 1.165) is 22.2 Å². The molecule has 0 aliphatic rings. The third-order valence-electron chi connectivity index (χ3n) is 5.46. The molecule has 5 aromatic rings. The van der Waals surface area contributed by atoms with Gasteiger partial charge in [-0.3, -0.25) is 0 Å². The van der Waals surface area contributed by atoms with Gasteiger partial charge in [-0.05, 0) is 29.8 Å². The number of nitrogens with one attached hydrogen (secondary N) is 2. The van der Waals surface area contributed by atoms with E-state index in [1.807, 2.05) is 78.9 Å². The normalized spacial score (nSPS) is 11.9. The van der Waals surface area contributed by atoms with Crippen LogP contribution in [0.4, 0.5) is 5.82 Å². The van der Waals surface area contributed by atoms with Crippen LogP contribution < -0.4 is 10.1 Å². The van der Waals surface area contributed by atoms with Crippen molar-refractivity contribution in [2.24, 2.45) is 0 Å². The first-order valence-electron chi connectivity index (χ1n) is 11.0. The number of benzene rings is 3. The first kappa shape index (κ1) is 21.9. The zero-order valence-electron chi connectivity index (χ0n) is 18.3. The number of aromatic amines is 1. The Morgan fingerprint density at radius 1 is 0.941 bits per heavy atom. The molecule has 0 amide bonds. The zero-order chi connectivity index (χ0) is 23.3. The molecule has 34 heavy (non-hydrogen) atoms. The monoisotopic (exact) mass is 472 g/mol. The van der Waals surface area contributed by atoms with Crippen LogP contribution in [-0.2, 0) is 6.61 Å². The molecule has 0 aliphatic carbocycles. The molecule has 6 nitrogen and oxygen atoms in total. The van der Waals surface area contributed by atoms with E-state index in [2.05, 4.69) is 10.3 Å². The maximum atomic E-state index is 10.1. The van der Waals surface area contributed by atoms with E-state index >= 15 is 0 Å². The van der Waals surface area contributed by atoms with Crippen molar-refractivity contribution in [3.63, 3.8) is 0 Å². The summed E-state index contributed by atoms with van der Waals surface area (Å²) in [6.07, 6.45) is 0. The highest BCUT2D eigenvalue weighted by Gasteiger charge is 2.17. The van der Waals surface area contributed by atoms with Crippen molar-refractivity contribution in [1.29, 1.82) is 0 Å². The number of nitrogens with zero attached hydrogens (tertiary/aromatic N) is 2. The fourth-order valence-corrected chi connectivity index (χ4v) is 3.95. The van der Waals surface area contributed by atoms with Crippen molar-refractivity contribution in [1.82, 2.24) is 15.0 Å². The summed E-state index contributed by atoms with van der Waals surface area (Å²) in [5.41, 5.74) is 3.40. The lowest BCUT2D eigenvalue weighted by Crippen LogP contribution is -2.16. The van der Waals surface area contributed by atoms with Crippen molar-refractivity contribution in [2.75, 3.05) is 11.9 Å². The molecular weight excluding hydrogens is 448 g/mol. The summed E-state index contributed by atoms with van der Waals surface area (Å²) in [6, 6.07) is 28.6. The Morgan fingerprint density at radius 2 is 1.71 bits per heavy atom. The SMILES string of the molecule is OC[C@@H](Nc1nc(-c2ccccc2)nc2[nH]c(COc3cccc(Cl)c3)cc12)c1ccccc1.[HH]. The summed E-state index contributed by atoms with van der Waals surface area (Å²) in [5, 5.41) is 14.9. The van der Waals surface area contributed by atoms with Crippen LogP contribution in [0.25, 0.3) is 22.4 Å². The Labute approximate surface area is 203 Å². The van der Waals surface area contributed by atoms with Gasteiger partial charge in [-0.25, -0.2) is 9.97 Å². The minimum Gasteiger partial charge on any atom is -0.487 e. The fraction of sp³-hybridized carbons (Fsp3) is 0.111. The zero-order valence-corrected chi connectivity index (χ0v) is 19.0. The molecule has 7 heteroatoms. The number of H-pyrrole nitrogens is 1. The van der Waals surface area contributed by atoms with Crippen LogP contribution in [0.1, 0.15) is 18.7 Å². The van der Waals surface area contributed by atoms with E-state index in [1.165, 1.54) is 0 Å². The molecule has 0 bridgehead atoms. The highest BCUT2D eigenvalue weighted by molar-refractivity contribution is 6.30. The summed E-state index contributed by atoms with van der Waals surface area (Å²) >= 11 is 6.07. The number of aromatic nitrogens is 3. The molecular formula is C27H25ClN4O2. The van der Waals surface area contributed by atoms with Crippen molar-refractivity contribution in [3.8, 4) is 17.1 Å². The van der Waals surface area contributed by atoms with Crippen molar-refractivity contribution >= 4 is 28.5 Å². The van der Waals surface area contributed by atoms with Gasteiger partial charge in [-0.2, -0.15) is 0 Å². The molecule has 2 heterocycles. The van der Waals surface area contributed by atoms with Gasteiger partial charge < -0.3 is 20.1 Å². The van der Waals surface area contributed by atoms with Gasteiger partial charge in [0.15, 0.2) is 5.82 Å². The van der Waals surface area contributed by atoms with Gasteiger partial charge in [-0.1, -0.05) is 78.3 Å². The third-order valence-corrected chi connectivity index (χ3v) is 5.70. The van der Waals surface area contributed by atoms with Gasteiger partial charge in [0, 0.05) is 12.0 Å². The molecule has 3 N–H and O–H groups in total. The van der Waals surface area contributed by atoms with E-state index in [4.69, 9.17) is 26.3 Å². The Hall–Kier alpha value is -3.87. The summed E-state index contributed by atoms with van der Waals surface area (Å²) in [5.74, 6) is 1.91. The lowest BCUT2D eigenvalue weighted by Gasteiger charge is -2.18. The highest BCUT2D eigenvalue weighted by Crippen LogP contribution is 2.29. The predicted octanol–water partition coefficient (Wildman–Crippen LogP) is 6.25. The smallest absolute Gasteiger partial charge is 0.163 e. The molecule has 0 radical (unpaired) electrons. The van der Waals surface area contributed by atoms with Gasteiger partial charge in [0.1, 0.15) is 23.8 Å². The van der Waals surface area contributed by atoms with Crippen LogP contribution >= 0.6 is 11.6 Å². The molecule has 172 valence electrons. The summed E-state index contributed by atoms with van der Waals surface area (Å²) in [7, 11) is 0. The Balaban J connectivity index is 0.00000289. The van der Waals surface area contributed by atoms with Crippen LogP contribution in [0.3, 0.4) is 0 Å². The second-order valence-corrected chi connectivity index (χ2v) is 8.29. The summed E-state index contributed by atoms with van der Waals surface area (Å²) in [6.45, 7) is 0.240. The lowest BCUT2D eigenvalue weighted by molar-refractivity contribution is 0.276. The number of hydrogen-bond donors (Lipinski definition) is 3. The highest BCUT2D eigenvalue weighted by atomic mass is 35.5.